The van der Waals surface area contributed by atoms with Gasteiger partial charge in [-0.25, -0.2) is 4.98 Å². The van der Waals surface area contributed by atoms with Gasteiger partial charge in [0.15, 0.2) is 0 Å². The van der Waals surface area contributed by atoms with Crippen LogP contribution in [0.3, 0.4) is 0 Å². The maximum atomic E-state index is 6.09. The molecule has 0 atom stereocenters. The number of pyridine rings is 1. The van der Waals surface area contributed by atoms with Crippen molar-refractivity contribution in [3.8, 4) is 5.75 Å². The molecule has 1 saturated carbocycles. The first-order valence-corrected chi connectivity index (χ1v) is 10.8. The van der Waals surface area contributed by atoms with Crippen LogP contribution >= 0.6 is 0 Å². The average molecular weight is 446 g/mol. The molecule has 5 rings (SSSR count). The molecule has 9 heteroatoms. The minimum atomic E-state index is -0.216. The lowest BCUT2D eigenvalue weighted by Crippen LogP contribution is -2.59. The van der Waals surface area contributed by atoms with Gasteiger partial charge in [-0.05, 0) is 56.6 Å². The standard InChI is InChI=1S/C24H27N7O2/c1-31(2)24(32-3)13-19(14-24)33-18-6-4-16(5-7-18)29-23-26-11-9-22(30-23)28-17-12-21-20(27-15-17)8-10-25-21/h4-12,15,19,25H,13-14H2,1-3H3,(H2,26,28,29,30). The molecular formula is C24H27N7O2. The second kappa shape index (κ2) is 8.68. The Labute approximate surface area is 192 Å². The predicted octanol–water partition coefficient (Wildman–Crippen LogP) is 4.29. The Kier molecular flexibility index (Phi) is 5.57. The van der Waals surface area contributed by atoms with Crippen LogP contribution in [0.2, 0.25) is 0 Å². The Bertz CT molecular complexity index is 1230. The SMILES string of the molecule is COC1(N(C)C)CC(Oc2ccc(Nc3nccc(Nc4cnc5cc[nH]c5c4)n3)cc2)C1. The molecular weight excluding hydrogens is 418 g/mol. The second-order valence-electron chi connectivity index (χ2n) is 8.37. The van der Waals surface area contributed by atoms with Crippen molar-refractivity contribution >= 4 is 34.2 Å². The van der Waals surface area contributed by atoms with Crippen molar-refractivity contribution in [1.29, 1.82) is 0 Å². The zero-order chi connectivity index (χ0) is 22.8. The summed E-state index contributed by atoms with van der Waals surface area (Å²) in [5, 5.41) is 6.50. The molecule has 0 unspecified atom stereocenters. The molecule has 0 radical (unpaired) electrons. The topological polar surface area (TPSA) is 100 Å². The molecule has 1 aromatic carbocycles. The second-order valence-corrected chi connectivity index (χ2v) is 8.37. The van der Waals surface area contributed by atoms with Gasteiger partial charge < -0.3 is 25.1 Å². The van der Waals surface area contributed by atoms with Crippen LogP contribution < -0.4 is 15.4 Å². The van der Waals surface area contributed by atoms with E-state index in [0.29, 0.717) is 11.8 Å². The molecule has 3 aromatic heterocycles. The molecule has 0 amide bonds. The van der Waals surface area contributed by atoms with Crippen LogP contribution in [0.15, 0.2) is 61.1 Å². The zero-order valence-electron chi connectivity index (χ0n) is 18.9. The minimum Gasteiger partial charge on any atom is -0.490 e. The van der Waals surface area contributed by atoms with Gasteiger partial charge in [-0.1, -0.05) is 0 Å². The molecule has 170 valence electrons. The number of fused-ring (bicyclic) bond motifs is 1. The first-order chi connectivity index (χ1) is 16.0. The number of methoxy groups -OCH3 is 1. The number of nitrogens with zero attached hydrogens (tertiary/aromatic N) is 4. The quantitative estimate of drug-likeness (QED) is 0.346. The fourth-order valence-corrected chi connectivity index (χ4v) is 4.03. The van der Waals surface area contributed by atoms with E-state index in [0.717, 1.165) is 41.0 Å². The first kappa shape index (κ1) is 21.2. The molecule has 33 heavy (non-hydrogen) atoms. The van der Waals surface area contributed by atoms with Crippen molar-refractivity contribution in [2.75, 3.05) is 31.8 Å². The summed E-state index contributed by atoms with van der Waals surface area (Å²) in [5.41, 5.74) is 3.39. The Morgan fingerprint density at radius 3 is 2.61 bits per heavy atom. The van der Waals surface area contributed by atoms with E-state index in [1.165, 1.54) is 0 Å². The molecule has 1 aliphatic rings. The summed E-state index contributed by atoms with van der Waals surface area (Å²) < 4.78 is 11.8. The molecule has 0 spiro atoms. The van der Waals surface area contributed by atoms with Crippen molar-refractivity contribution in [2.24, 2.45) is 0 Å². The summed E-state index contributed by atoms with van der Waals surface area (Å²) in [6.07, 6.45) is 7.19. The smallest absolute Gasteiger partial charge is 0.229 e. The summed E-state index contributed by atoms with van der Waals surface area (Å²) in [5.74, 6) is 2.00. The number of ether oxygens (including phenoxy) is 2. The van der Waals surface area contributed by atoms with Crippen molar-refractivity contribution in [3.05, 3.63) is 61.1 Å². The number of H-pyrrole nitrogens is 1. The summed E-state index contributed by atoms with van der Waals surface area (Å²) in [6.45, 7) is 0. The average Bonchev–Trinajstić information content (AvgIpc) is 3.25. The molecule has 0 aliphatic heterocycles. The third kappa shape index (κ3) is 4.46. The van der Waals surface area contributed by atoms with Gasteiger partial charge in [-0.15, -0.1) is 0 Å². The number of aromatic amines is 1. The van der Waals surface area contributed by atoms with Crippen LogP contribution in [-0.4, -0.2) is 57.9 Å². The summed E-state index contributed by atoms with van der Waals surface area (Å²) in [6, 6.07) is 13.5. The Hall–Kier alpha value is -3.69. The highest BCUT2D eigenvalue weighted by Gasteiger charge is 2.48. The summed E-state index contributed by atoms with van der Waals surface area (Å²) in [4.78, 5) is 18.5. The molecule has 9 nitrogen and oxygen atoms in total. The highest BCUT2D eigenvalue weighted by molar-refractivity contribution is 5.79. The van der Waals surface area contributed by atoms with E-state index in [1.54, 1.807) is 19.5 Å². The number of anilines is 4. The molecule has 4 aromatic rings. The maximum Gasteiger partial charge on any atom is 0.229 e. The van der Waals surface area contributed by atoms with E-state index in [2.05, 4.69) is 35.5 Å². The van der Waals surface area contributed by atoms with Crippen molar-refractivity contribution < 1.29 is 9.47 Å². The molecule has 1 fully saturated rings. The lowest BCUT2D eigenvalue weighted by atomic mass is 9.83. The fourth-order valence-electron chi connectivity index (χ4n) is 4.03. The van der Waals surface area contributed by atoms with Crippen LogP contribution in [-0.2, 0) is 4.74 Å². The zero-order valence-corrected chi connectivity index (χ0v) is 18.9. The number of hydrogen-bond donors (Lipinski definition) is 3. The predicted molar refractivity (Wildman–Crippen MR) is 128 cm³/mol. The molecule has 0 bridgehead atoms. The van der Waals surface area contributed by atoms with E-state index in [1.807, 2.05) is 62.8 Å². The van der Waals surface area contributed by atoms with Crippen LogP contribution in [0.1, 0.15) is 12.8 Å². The van der Waals surface area contributed by atoms with E-state index in [4.69, 9.17) is 9.47 Å². The van der Waals surface area contributed by atoms with Gasteiger partial charge in [-0.2, -0.15) is 4.98 Å². The van der Waals surface area contributed by atoms with Crippen LogP contribution in [0, 0.1) is 0 Å². The van der Waals surface area contributed by atoms with Gasteiger partial charge in [-0.3, -0.25) is 9.88 Å². The third-order valence-corrected chi connectivity index (χ3v) is 6.03. The Morgan fingerprint density at radius 2 is 1.85 bits per heavy atom. The van der Waals surface area contributed by atoms with Crippen molar-refractivity contribution in [2.45, 2.75) is 24.7 Å². The highest BCUT2D eigenvalue weighted by Crippen LogP contribution is 2.39. The number of hydrogen-bond acceptors (Lipinski definition) is 8. The van der Waals surface area contributed by atoms with Crippen molar-refractivity contribution in [3.63, 3.8) is 0 Å². The van der Waals surface area contributed by atoms with E-state index in [-0.39, 0.29) is 11.8 Å². The molecule has 3 heterocycles. The summed E-state index contributed by atoms with van der Waals surface area (Å²) in [7, 11) is 5.81. The molecule has 0 saturated heterocycles. The van der Waals surface area contributed by atoms with Gasteiger partial charge in [0, 0.05) is 38.0 Å². The maximum absolute atomic E-state index is 6.09. The highest BCUT2D eigenvalue weighted by atomic mass is 16.5. The number of benzene rings is 1. The van der Waals surface area contributed by atoms with E-state index in [9.17, 15) is 0 Å². The molecule has 1 aliphatic carbocycles. The van der Waals surface area contributed by atoms with Crippen LogP contribution in [0.25, 0.3) is 11.0 Å². The Balaban J connectivity index is 1.19. The third-order valence-electron chi connectivity index (χ3n) is 6.03. The van der Waals surface area contributed by atoms with Gasteiger partial charge >= 0.3 is 0 Å². The fraction of sp³-hybridized carbons (Fsp3) is 0.292. The normalized spacial score (nSPS) is 19.9. The number of aromatic nitrogens is 4. The van der Waals surface area contributed by atoms with Gasteiger partial charge in [0.2, 0.25) is 5.95 Å². The number of rotatable bonds is 8. The van der Waals surface area contributed by atoms with Crippen LogP contribution in [0.4, 0.5) is 23.1 Å². The monoisotopic (exact) mass is 445 g/mol. The van der Waals surface area contributed by atoms with E-state index >= 15 is 0 Å². The lowest BCUT2D eigenvalue weighted by molar-refractivity contribution is -0.204. The van der Waals surface area contributed by atoms with Gasteiger partial charge in [0.05, 0.1) is 22.9 Å². The number of nitrogens with one attached hydrogen (secondary N) is 3. The largest absolute Gasteiger partial charge is 0.490 e. The first-order valence-electron chi connectivity index (χ1n) is 10.8. The lowest BCUT2D eigenvalue weighted by Gasteiger charge is -2.50. The molecule has 3 N–H and O–H groups in total. The van der Waals surface area contributed by atoms with E-state index < -0.39 is 0 Å². The van der Waals surface area contributed by atoms with Crippen molar-refractivity contribution in [1.82, 2.24) is 24.8 Å². The van der Waals surface area contributed by atoms with Crippen LogP contribution in [0.5, 0.6) is 5.75 Å². The minimum absolute atomic E-state index is 0.150. The van der Waals surface area contributed by atoms with Gasteiger partial charge in [0.1, 0.15) is 23.4 Å². The Morgan fingerprint density at radius 1 is 1.03 bits per heavy atom. The van der Waals surface area contributed by atoms with Gasteiger partial charge in [0.25, 0.3) is 0 Å². The summed E-state index contributed by atoms with van der Waals surface area (Å²) >= 11 is 0.